The smallest absolute Gasteiger partial charge is 0.117 e. The van der Waals surface area contributed by atoms with Gasteiger partial charge in [0, 0.05) is 12.7 Å². The summed E-state index contributed by atoms with van der Waals surface area (Å²) in [5.41, 5.74) is 0.0773. The number of hydrogen-bond acceptors (Lipinski definition) is 2. The molecule has 0 spiro atoms. The number of fused-ring (bicyclic) bond motifs is 5. The Hall–Kier alpha value is -1.37. The second kappa shape index (κ2) is 7.64. The second-order valence-electron chi connectivity index (χ2n) is 11.4. The van der Waals surface area contributed by atoms with Crippen LogP contribution >= 0.6 is 0 Å². The summed E-state index contributed by atoms with van der Waals surface area (Å²) in [7, 11) is 0. The molecule has 8 atom stereocenters. The van der Waals surface area contributed by atoms with Gasteiger partial charge in [0.25, 0.3) is 0 Å². The average Bonchev–Trinajstić information content (AvgIpc) is 3.33. The predicted molar refractivity (Wildman–Crippen MR) is 116 cm³/mol. The van der Waals surface area contributed by atoms with Crippen molar-refractivity contribution in [3.63, 3.8) is 0 Å². The van der Waals surface area contributed by atoms with Crippen LogP contribution in [0.1, 0.15) is 90.0 Å². The molecule has 0 bridgehead atoms. The molecule has 30 heavy (non-hydrogen) atoms. The first kappa shape index (κ1) is 20.5. The first-order valence-corrected chi connectivity index (χ1v) is 12.6. The van der Waals surface area contributed by atoms with Crippen molar-refractivity contribution in [3.05, 3.63) is 18.0 Å². The summed E-state index contributed by atoms with van der Waals surface area (Å²) in [5, 5.41) is 13.5. The number of aromatic nitrogens is 2. The molecule has 0 aromatic carbocycles. The van der Waals surface area contributed by atoms with Crippen LogP contribution in [0.2, 0.25) is 0 Å². The lowest BCUT2D eigenvalue weighted by Crippen LogP contribution is -2.56. The molecule has 4 heteroatoms. The Morgan fingerprint density at radius 3 is 2.80 bits per heavy atom. The SMILES string of the molecule is CCCC1CCC2(F)C(CCC3C4CCC(Cn5cc(C#N)cn5)C4(C)CCC32)C1. The monoisotopic (exact) mass is 411 g/mol. The third-order valence-corrected chi connectivity index (χ3v) is 10.2. The number of rotatable bonds is 4. The molecule has 0 radical (unpaired) electrons. The van der Waals surface area contributed by atoms with E-state index in [-0.39, 0.29) is 0 Å². The zero-order valence-electron chi connectivity index (χ0n) is 18.8. The summed E-state index contributed by atoms with van der Waals surface area (Å²) in [6.07, 6.45) is 16.3. The van der Waals surface area contributed by atoms with E-state index in [9.17, 15) is 0 Å². The lowest BCUT2D eigenvalue weighted by atomic mass is 9.48. The van der Waals surface area contributed by atoms with E-state index in [0.29, 0.717) is 40.6 Å². The van der Waals surface area contributed by atoms with Gasteiger partial charge < -0.3 is 0 Å². The van der Waals surface area contributed by atoms with Crippen LogP contribution in [0.5, 0.6) is 0 Å². The highest BCUT2D eigenvalue weighted by molar-refractivity contribution is 5.21. The van der Waals surface area contributed by atoms with Crippen LogP contribution in [0.4, 0.5) is 4.39 Å². The van der Waals surface area contributed by atoms with E-state index in [1.165, 1.54) is 38.5 Å². The van der Waals surface area contributed by atoms with Gasteiger partial charge in [-0.05, 0) is 98.7 Å². The molecular weight excluding hydrogens is 373 g/mol. The summed E-state index contributed by atoms with van der Waals surface area (Å²) in [6, 6.07) is 2.19. The van der Waals surface area contributed by atoms with Crippen LogP contribution in [0.15, 0.2) is 12.4 Å². The molecule has 5 rings (SSSR count). The van der Waals surface area contributed by atoms with E-state index >= 15 is 4.39 Å². The Balaban J connectivity index is 1.32. The maximum Gasteiger partial charge on any atom is 0.117 e. The van der Waals surface area contributed by atoms with Gasteiger partial charge >= 0.3 is 0 Å². The maximum absolute atomic E-state index is 16.6. The van der Waals surface area contributed by atoms with E-state index in [1.54, 1.807) is 6.20 Å². The summed E-state index contributed by atoms with van der Waals surface area (Å²) < 4.78 is 18.6. The minimum Gasteiger partial charge on any atom is -0.271 e. The van der Waals surface area contributed by atoms with Crippen LogP contribution in [-0.2, 0) is 6.54 Å². The first-order chi connectivity index (χ1) is 14.5. The van der Waals surface area contributed by atoms with Gasteiger partial charge in [0.05, 0.1) is 11.8 Å². The van der Waals surface area contributed by atoms with Gasteiger partial charge in [0.2, 0.25) is 0 Å². The van der Waals surface area contributed by atoms with E-state index in [2.05, 4.69) is 25.0 Å². The van der Waals surface area contributed by atoms with Crippen molar-refractivity contribution < 1.29 is 4.39 Å². The van der Waals surface area contributed by atoms with Crippen LogP contribution < -0.4 is 0 Å². The maximum atomic E-state index is 16.6. The molecule has 0 aliphatic heterocycles. The van der Waals surface area contributed by atoms with Gasteiger partial charge in [-0.2, -0.15) is 10.4 Å². The third kappa shape index (κ3) is 3.14. The topological polar surface area (TPSA) is 41.6 Å². The third-order valence-electron chi connectivity index (χ3n) is 10.2. The Morgan fingerprint density at radius 2 is 2.03 bits per heavy atom. The van der Waals surface area contributed by atoms with E-state index in [0.717, 1.165) is 44.6 Å². The fourth-order valence-electron chi connectivity index (χ4n) is 8.70. The minimum atomic E-state index is -0.879. The molecule has 164 valence electrons. The molecule has 0 amide bonds. The number of nitrogens with zero attached hydrogens (tertiary/aromatic N) is 3. The van der Waals surface area contributed by atoms with Crippen molar-refractivity contribution in [1.82, 2.24) is 9.78 Å². The number of halogens is 1. The van der Waals surface area contributed by atoms with Gasteiger partial charge in [0.15, 0.2) is 0 Å². The predicted octanol–water partition coefficient (Wildman–Crippen LogP) is 6.53. The van der Waals surface area contributed by atoms with Crippen LogP contribution in [0.25, 0.3) is 0 Å². The Kier molecular flexibility index (Phi) is 5.23. The molecule has 4 saturated carbocycles. The normalized spacial score (nSPS) is 45.3. The number of alkyl halides is 1. The van der Waals surface area contributed by atoms with Crippen molar-refractivity contribution in [3.8, 4) is 6.07 Å². The van der Waals surface area contributed by atoms with Crippen LogP contribution in [0.3, 0.4) is 0 Å². The summed E-state index contributed by atoms with van der Waals surface area (Å²) in [5.74, 6) is 3.28. The Morgan fingerprint density at radius 1 is 1.17 bits per heavy atom. The number of nitriles is 1. The highest BCUT2D eigenvalue weighted by Gasteiger charge is 2.62. The molecule has 4 aliphatic carbocycles. The van der Waals surface area contributed by atoms with Crippen LogP contribution in [-0.4, -0.2) is 15.4 Å². The van der Waals surface area contributed by atoms with Crippen LogP contribution in [0, 0.1) is 52.3 Å². The largest absolute Gasteiger partial charge is 0.271 e. The fraction of sp³-hybridized carbons (Fsp3) is 0.846. The van der Waals surface area contributed by atoms with Gasteiger partial charge in [-0.25, -0.2) is 4.39 Å². The lowest BCUT2D eigenvalue weighted by Gasteiger charge is -2.59. The highest BCUT2D eigenvalue weighted by Crippen LogP contribution is 2.66. The van der Waals surface area contributed by atoms with E-state index in [4.69, 9.17) is 5.26 Å². The number of hydrogen-bond donors (Lipinski definition) is 0. The molecule has 0 saturated heterocycles. The van der Waals surface area contributed by atoms with Crippen molar-refractivity contribution in [2.45, 2.75) is 96.7 Å². The van der Waals surface area contributed by atoms with Gasteiger partial charge in [0.1, 0.15) is 11.7 Å². The lowest BCUT2D eigenvalue weighted by molar-refractivity contribution is -0.141. The zero-order chi connectivity index (χ0) is 20.9. The molecule has 1 aromatic rings. The molecule has 8 unspecified atom stereocenters. The quantitative estimate of drug-likeness (QED) is 0.565. The van der Waals surface area contributed by atoms with Crippen molar-refractivity contribution >= 4 is 0 Å². The van der Waals surface area contributed by atoms with Gasteiger partial charge in [-0.3, -0.25) is 4.68 Å². The van der Waals surface area contributed by atoms with E-state index < -0.39 is 5.67 Å². The molecule has 1 heterocycles. The molecule has 4 fully saturated rings. The molecule has 3 nitrogen and oxygen atoms in total. The van der Waals surface area contributed by atoms with Crippen molar-refractivity contribution in [2.75, 3.05) is 0 Å². The highest BCUT2D eigenvalue weighted by atomic mass is 19.1. The Labute approximate surface area is 181 Å². The fourth-order valence-corrected chi connectivity index (χ4v) is 8.70. The molecular formula is C26H38FN3. The molecule has 1 aromatic heterocycles. The van der Waals surface area contributed by atoms with Crippen molar-refractivity contribution in [1.29, 1.82) is 5.26 Å². The Bertz CT molecular complexity index is 811. The second-order valence-corrected chi connectivity index (χ2v) is 11.4. The summed E-state index contributed by atoms with van der Waals surface area (Å²) in [6.45, 7) is 5.68. The van der Waals surface area contributed by atoms with Gasteiger partial charge in [-0.15, -0.1) is 0 Å². The average molecular weight is 412 g/mol. The minimum absolute atomic E-state index is 0.308. The standard InChI is InChI=1S/C26H38FN3/c1-3-4-18-9-12-26(27)20(13-18)5-7-22-23-8-6-21(25(23,2)11-10-24(22)26)17-30-16-19(14-28)15-29-30/h15-16,18,20-24H,3-13,17H2,1-2H3. The molecule has 4 aliphatic rings. The first-order valence-electron chi connectivity index (χ1n) is 12.6. The van der Waals surface area contributed by atoms with E-state index in [1.807, 2.05) is 10.9 Å². The molecule has 0 N–H and O–H groups in total. The van der Waals surface area contributed by atoms with Gasteiger partial charge in [-0.1, -0.05) is 26.7 Å². The summed E-state index contributed by atoms with van der Waals surface area (Å²) in [4.78, 5) is 0. The summed E-state index contributed by atoms with van der Waals surface area (Å²) >= 11 is 0. The zero-order valence-corrected chi connectivity index (χ0v) is 18.8. The van der Waals surface area contributed by atoms with Crippen molar-refractivity contribution in [2.24, 2.45) is 40.9 Å².